The Hall–Kier alpha value is -1.26. The molecule has 0 aliphatic heterocycles. The molecule has 2 amide bonds. The second kappa shape index (κ2) is 4.69. The van der Waals surface area contributed by atoms with E-state index in [0.29, 0.717) is 12.5 Å². The highest BCUT2D eigenvalue weighted by Gasteiger charge is 2.64. The molecule has 1 rings (SSSR count). The maximum Gasteiger partial charge on any atom is 0.314 e. The molecular formula is C14H26N2O3. The van der Waals surface area contributed by atoms with Crippen molar-refractivity contribution < 1.29 is 14.7 Å². The molecule has 1 fully saturated rings. The molecule has 0 aromatic heterocycles. The molecule has 19 heavy (non-hydrogen) atoms. The standard InChI is InChI=1S/C14H26N2O3/c1-12(2,10(17)18)8-16-11(19)15-7-9-13(3,4)14(9,5)6/h9H,7-8H2,1-6H3,(H,17,18)(H2,15,16,19). The van der Waals surface area contributed by atoms with Gasteiger partial charge in [-0.05, 0) is 30.6 Å². The van der Waals surface area contributed by atoms with Crippen molar-refractivity contribution in [3.63, 3.8) is 0 Å². The summed E-state index contributed by atoms with van der Waals surface area (Å²) in [4.78, 5) is 22.6. The van der Waals surface area contributed by atoms with Crippen LogP contribution in [0.15, 0.2) is 0 Å². The van der Waals surface area contributed by atoms with Gasteiger partial charge in [0, 0.05) is 13.1 Å². The lowest BCUT2D eigenvalue weighted by molar-refractivity contribution is -0.146. The molecule has 0 unspecified atom stereocenters. The minimum Gasteiger partial charge on any atom is -0.481 e. The monoisotopic (exact) mass is 270 g/mol. The molecule has 1 aliphatic carbocycles. The number of hydrogen-bond donors (Lipinski definition) is 3. The Labute approximate surface area is 115 Å². The number of rotatable bonds is 5. The Morgan fingerprint density at radius 3 is 1.95 bits per heavy atom. The number of amides is 2. The second-order valence-electron chi connectivity index (χ2n) is 7.25. The molecule has 0 radical (unpaired) electrons. The summed E-state index contributed by atoms with van der Waals surface area (Å²) < 4.78 is 0. The topological polar surface area (TPSA) is 78.4 Å². The van der Waals surface area contributed by atoms with E-state index in [1.807, 2.05) is 0 Å². The Morgan fingerprint density at radius 2 is 1.58 bits per heavy atom. The Balaban J connectivity index is 2.33. The van der Waals surface area contributed by atoms with Gasteiger partial charge in [0.2, 0.25) is 0 Å². The Kier molecular flexibility index (Phi) is 3.90. The minimum absolute atomic E-state index is 0.117. The van der Waals surface area contributed by atoms with Crippen LogP contribution in [0.5, 0.6) is 0 Å². The van der Waals surface area contributed by atoms with Crippen molar-refractivity contribution in [1.82, 2.24) is 10.6 Å². The van der Waals surface area contributed by atoms with Crippen LogP contribution in [0.4, 0.5) is 4.79 Å². The van der Waals surface area contributed by atoms with Crippen molar-refractivity contribution in [3.8, 4) is 0 Å². The van der Waals surface area contributed by atoms with Gasteiger partial charge in [-0.3, -0.25) is 4.79 Å². The van der Waals surface area contributed by atoms with Gasteiger partial charge in [0.05, 0.1) is 5.41 Å². The first-order chi connectivity index (χ1) is 8.43. The largest absolute Gasteiger partial charge is 0.481 e. The minimum atomic E-state index is -0.949. The van der Waals surface area contributed by atoms with Crippen LogP contribution >= 0.6 is 0 Å². The number of urea groups is 1. The van der Waals surface area contributed by atoms with Crippen LogP contribution in [-0.2, 0) is 4.79 Å². The predicted octanol–water partition coefficient (Wildman–Crippen LogP) is 2.08. The smallest absolute Gasteiger partial charge is 0.314 e. The highest BCUT2D eigenvalue weighted by Crippen LogP contribution is 2.67. The van der Waals surface area contributed by atoms with Gasteiger partial charge in [0.15, 0.2) is 0 Å². The quantitative estimate of drug-likeness (QED) is 0.715. The average molecular weight is 270 g/mol. The van der Waals surface area contributed by atoms with Crippen molar-refractivity contribution in [2.75, 3.05) is 13.1 Å². The highest BCUT2D eigenvalue weighted by atomic mass is 16.4. The zero-order valence-electron chi connectivity index (χ0n) is 12.8. The lowest BCUT2D eigenvalue weighted by atomic mass is 9.94. The normalized spacial score (nSPS) is 20.7. The van der Waals surface area contributed by atoms with E-state index in [1.54, 1.807) is 13.8 Å². The van der Waals surface area contributed by atoms with Crippen LogP contribution < -0.4 is 10.6 Å². The van der Waals surface area contributed by atoms with Crippen molar-refractivity contribution >= 4 is 12.0 Å². The molecule has 5 nitrogen and oxygen atoms in total. The van der Waals surface area contributed by atoms with E-state index in [-0.39, 0.29) is 23.4 Å². The van der Waals surface area contributed by atoms with Gasteiger partial charge in [-0.2, -0.15) is 0 Å². The van der Waals surface area contributed by atoms with Gasteiger partial charge in [-0.25, -0.2) is 4.79 Å². The number of hydrogen-bond acceptors (Lipinski definition) is 2. The summed E-state index contributed by atoms with van der Waals surface area (Å²) in [6, 6.07) is -0.298. The number of aliphatic carboxylic acids is 1. The first kappa shape index (κ1) is 15.8. The highest BCUT2D eigenvalue weighted by molar-refractivity contribution is 5.77. The van der Waals surface area contributed by atoms with Gasteiger partial charge >= 0.3 is 12.0 Å². The third-order valence-corrected chi connectivity index (χ3v) is 5.06. The van der Waals surface area contributed by atoms with Gasteiger partial charge in [-0.15, -0.1) is 0 Å². The van der Waals surface area contributed by atoms with Crippen molar-refractivity contribution in [2.24, 2.45) is 22.2 Å². The van der Waals surface area contributed by atoms with E-state index in [0.717, 1.165) is 0 Å². The predicted molar refractivity (Wildman–Crippen MR) is 73.9 cm³/mol. The fraction of sp³-hybridized carbons (Fsp3) is 0.857. The molecule has 0 spiro atoms. The lowest BCUT2D eigenvalue weighted by Gasteiger charge is -2.19. The van der Waals surface area contributed by atoms with Crippen LogP contribution in [0.1, 0.15) is 41.5 Å². The summed E-state index contributed by atoms with van der Waals surface area (Å²) in [7, 11) is 0. The van der Waals surface area contributed by atoms with Crippen molar-refractivity contribution in [2.45, 2.75) is 41.5 Å². The molecular weight excluding hydrogens is 244 g/mol. The van der Waals surface area contributed by atoms with Crippen LogP contribution in [0.25, 0.3) is 0 Å². The van der Waals surface area contributed by atoms with Crippen LogP contribution in [-0.4, -0.2) is 30.2 Å². The molecule has 0 saturated heterocycles. The Morgan fingerprint density at radius 1 is 1.11 bits per heavy atom. The van der Waals surface area contributed by atoms with Crippen LogP contribution in [0, 0.1) is 22.2 Å². The third kappa shape index (κ3) is 3.01. The third-order valence-electron chi connectivity index (χ3n) is 5.06. The summed E-state index contributed by atoms with van der Waals surface area (Å²) in [5.41, 5.74) is -0.476. The molecule has 0 aromatic rings. The maximum atomic E-state index is 11.7. The first-order valence-corrected chi connectivity index (χ1v) is 6.68. The van der Waals surface area contributed by atoms with Crippen molar-refractivity contribution in [3.05, 3.63) is 0 Å². The first-order valence-electron chi connectivity index (χ1n) is 6.68. The van der Waals surface area contributed by atoms with E-state index in [4.69, 9.17) is 5.11 Å². The van der Waals surface area contributed by atoms with Gasteiger partial charge < -0.3 is 15.7 Å². The number of carbonyl (C=O) groups excluding carboxylic acids is 1. The SMILES string of the molecule is CC(C)(CNC(=O)NCC1C(C)(C)C1(C)C)C(=O)O. The maximum absolute atomic E-state index is 11.7. The number of carbonyl (C=O) groups is 2. The number of carboxylic acids is 1. The van der Waals surface area contributed by atoms with Gasteiger partial charge in [0.25, 0.3) is 0 Å². The van der Waals surface area contributed by atoms with Crippen molar-refractivity contribution in [1.29, 1.82) is 0 Å². The fourth-order valence-electron chi connectivity index (χ4n) is 2.48. The van der Waals surface area contributed by atoms with Gasteiger partial charge in [-0.1, -0.05) is 27.7 Å². The zero-order chi connectivity index (χ0) is 15.1. The summed E-state index contributed by atoms with van der Waals surface area (Å²) in [5, 5.41) is 14.4. The van der Waals surface area contributed by atoms with Gasteiger partial charge in [0.1, 0.15) is 0 Å². The average Bonchev–Trinajstić information content (AvgIpc) is 2.64. The molecule has 0 bridgehead atoms. The van der Waals surface area contributed by atoms with E-state index in [2.05, 4.69) is 38.3 Å². The molecule has 5 heteroatoms. The second-order valence-corrected chi connectivity index (χ2v) is 7.25. The van der Waals surface area contributed by atoms with Crippen LogP contribution in [0.3, 0.4) is 0 Å². The fourth-order valence-corrected chi connectivity index (χ4v) is 2.48. The van der Waals surface area contributed by atoms with Crippen LogP contribution in [0.2, 0.25) is 0 Å². The zero-order valence-corrected chi connectivity index (χ0v) is 12.8. The van der Waals surface area contributed by atoms with E-state index in [1.165, 1.54) is 0 Å². The molecule has 1 saturated carbocycles. The molecule has 0 aromatic carbocycles. The lowest BCUT2D eigenvalue weighted by Crippen LogP contribution is -2.44. The number of nitrogens with one attached hydrogen (secondary N) is 2. The number of carboxylic acid groups (broad SMARTS) is 1. The molecule has 110 valence electrons. The summed E-state index contributed by atoms with van der Waals surface area (Å²) in [6.07, 6.45) is 0. The molecule has 0 heterocycles. The molecule has 1 aliphatic rings. The summed E-state index contributed by atoms with van der Waals surface area (Å²) >= 11 is 0. The van der Waals surface area contributed by atoms with E-state index >= 15 is 0 Å². The summed E-state index contributed by atoms with van der Waals surface area (Å²) in [5.74, 6) is -0.463. The molecule has 3 N–H and O–H groups in total. The molecule has 0 atom stereocenters. The summed E-state index contributed by atoms with van der Waals surface area (Å²) in [6.45, 7) is 12.7. The Bertz CT molecular complexity index is 372. The van der Waals surface area contributed by atoms with E-state index < -0.39 is 11.4 Å². The van der Waals surface area contributed by atoms with E-state index in [9.17, 15) is 9.59 Å².